The first-order valence-corrected chi connectivity index (χ1v) is 4.68. The fourth-order valence-electron chi connectivity index (χ4n) is 0.828. The van der Waals surface area contributed by atoms with Gasteiger partial charge in [-0.3, -0.25) is 0 Å². The van der Waals surface area contributed by atoms with Gasteiger partial charge in [0.25, 0.3) is 0 Å². The van der Waals surface area contributed by atoms with Crippen LogP contribution in [0.4, 0.5) is 0 Å². The molecule has 76 valence electrons. The van der Waals surface area contributed by atoms with E-state index < -0.39 is 0 Å². The zero-order chi connectivity index (χ0) is 11.0. The molecule has 0 saturated carbocycles. The molecule has 0 aromatic rings. The average Bonchev–Trinajstić information content (AvgIpc) is 2.18. The van der Waals surface area contributed by atoms with Crippen LogP contribution in [-0.4, -0.2) is 12.6 Å². The van der Waals surface area contributed by atoms with Gasteiger partial charge in [-0.15, -0.1) is 0 Å². The molecule has 0 heterocycles. The maximum Gasteiger partial charge on any atom is 0.127 e. The average molecular weight is 190 g/mol. The lowest BCUT2D eigenvalue weighted by molar-refractivity contribution is 1.19. The molecule has 0 spiro atoms. The highest BCUT2D eigenvalue weighted by Gasteiger charge is 1.96. The Morgan fingerprint density at radius 2 is 2.07 bits per heavy atom. The van der Waals surface area contributed by atoms with Gasteiger partial charge in [-0.05, 0) is 32.2 Å². The van der Waals surface area contributed by atoms with Gasteiger partial charge in [-0.25, -0.2) is 9.98 Å². The normalized spacial score (nSPS) is 13.4. The van der Waals surface area contributed by atoms with Crippen LogP contribution in [0.15, 0.2) is 46.1 Å². The molecule has 0 radical (unpaired) electrons. The van der Waals surface area contributed by atoms with Crippen LogP contribution in [0.2, 0.25) is 0 Å². The van der Waals surface area contributed by atoms with E-state index in [1.807, 2.05) is 39.0 Å². The summed E-state index contributed by atoms with van der Waals surface area (Å²) in [6, 6.07) is 0. The highest BCUT2D eigenvalue weighted by Crippen LogP contribution is 2.10. The molecule has 0 aliphatic carbocycles. The zero-order valence-corrected chi connectivity index (χ0v) is 9.25. The van der Waals surface area contributed by atoms with Crippen LogP contribution in [0.3, 0.4) is 0 Å². The van der Waals surface area contributed by atoms with E-state index in [9.17, 15) is 0 Å². The summed E-state index contributed by atoms with van der Waals surface area (Å²) in [4.78, 5) is 8.18. The number of amidine groups is 1. The van der Waals surface area contributed by atoms with Crippen LogP contribution in [0.1, 0.15) is 27.2 Å². The quantitative estimate of drug-likeness (QED) is 0.368. The topological polar surface area (TPSA) is 24.7 Å². The number of aliphatic imine (C=N–C) groups is 2. The van der Waals surface area contributed by atoms with E-state index in [0.29, 0.717) is 0 Å². The first-order valence-electron chi connectivity index (χ1n) is 4.68. The van der Waals surface area contributed by atoms with Crippen LogP contribution in [0.25, 0.3) is 0 Å². The predicted octanol–water partition coefficient (Wildman–Crippen LogP) is 3.53. The van der Waals surface area contributed by atoms with Crippen LogP contribution < -0.4 is 0 Å². The third-order valence-electron chi connectivity index (χ3n) is 1.63. The SMILES string of the molecule is C=NC(CC)=N/C(=C/C=C\C)C(=C)C. The van der Waals surface area contributed by atoms with Crippen molar-refractivity contribution in [2.75, 3.05) is 0 Å². The number of rotatable bonds is 4. The highest BCUT2D eigenvalue weighted by molar-refractivity contribution is 5.87. The fraction of sp³-hybridized carbons (Fsp3) is 0.333. The third-order valence-corrected chi connectivity index (χ3v) is 1.63. The standard InChI is InChI=1S/C12H18N2/c1-6-8-9-11(10(3)4)14-12(7-2)13-5/h6,8-9H,3,5,7H2,1-2,4H3/b8-6-,11-9+,14-12?. The second-order valence-electron chi connectivity index (χ2n) is 2.90. The van der Waals surface area contributed by atoms with E-state index in [2.05, 4.69) is 23.3 Å². The van der Waals surface area contributed by atoms with E-state index in [-0.39, 0.29) is 0 Å². The minimum Gasteiger partial charge on any atom is -0.249 e. The zero-order valence-electron chi connectivity index (χ0n) is 9.25. The van der Waals surface area contributed by atoms with E-state index in [0.717, 1.165) is 23.5 Å². The Morgan fingerprint density at radius 3 is 2.43 bits per heavy atom. The third kappa shape index (κ3) is 4.55. The lowest BCUT2D eigenvalue weighted by Gasteiger charge is -2.01. The molecule has 0 fully saturated rings. The summed E-state index contributed by atoms with van der Waals surface area (Å²) in [6.45, 7) is 13.2. The Kier molecular flexibility index (Phi) is 6.29. The van der Waals surface area contributed by atoms with Crippen molar-refractivity contribution in [1.29, 1.82) is 0 Å². The van der Waals surface area contributed by atoms with E-state index in [4.69, 9.17) is 0 Å². The molecule has 0 atom stereocenters. The maximum absolute atomic E-state index is 4.35. The number of nitrogens with zero attached hydrogens (tertiary/aromatic N) is 2. The van der Waals surface area contributed by atoms with Gasteiger partial charge in [-0.2, -0.15) is 0 Å². The monoisotopic (exact) mass is 190 g/mol. The van der Waals surface area contributed by atoms with Gasteiger partial charge in [0.15, 0.2) is 0 Å². The number of hydrogen-bond donors (Lipinski definition) is 0. The Morgan fingerprint density at radius 1 is 1.43 bits per heavy atom. The minimum absolute atomic E-state index is 0.740. The fourth-order valence-corrected chi connectivity index (χ4v) is 0.828. The first kappa shape index (κ1) is 12.6. The largest absolute Gasteiger partial charge is 0.249 e. The molecule has 0 rings (SSSR count). The summed E-state index contributed by atoms with van der Waals surface area (Å²) in [6.07, 6.45) is 6.59. The summed E-state index contributed by atoms with van der Waals surface area (Å²) < 4.78 is 0. The van der Waals surface area contributed by atoms with Gasteiger partial charge in [0, 0.05) is 6.42 Å². The molecule has 0 aliphatic rings. The van der Waals surface area contributed by atoms with Crippen molar-refractivity contribution < 1.29 is 0 Å². The van der Waals surface area contributed by atoms with E-state index in [1.165, 1.54) is 0 Å². The Balaban J connectivity index is 4.93. The molecule has 2 nitrogen and oxygen atoms in total. The van der Waals surface area contributed by atoms with Crippen molar-refractivity contribution in [2.24, 2.45) is 9.98 Å². The molecule has 0 bridgehead atoms. The van der Waals surface area contributed by atoms with Gasteiger partial charge < -0.3 is 0 Å². The smallest absolute Gasteiger partial charge is 0.127 e. The van der Waals surface area contributed by atoms with Crippen molar-refractivity contribution in [3.05, 3.63) is 36.1 Å². The molecule has 0 aromatic carbocycles. The van der Waals surface area contributed by atoms with Crippen molar-refractivity contribution >= 4 is 12.6 Å². The highest BCUT2D eigenvalue weighted by atomic mass is 14.9. The van der Waals surface area contributed by atoms with Crippen molar-refractivity contribution in [2.45, 2.75) is 27.2 Å². The molecule has 0 N–H and O–H groups in total. The molecule has 0 aliphatic heterocycles. The summed E-state index contributed by atoms with van der Waals surface area (Å²) >= 11 is 0. The molecule has 0 unspecified atom stereocenters. The van der Waals surface area contributed by atoms with Gasteiger partial charge >= 0.3 is 0 Å². The molecule has 0 saturated heterocycles. The molecule has 2 heteroatoms. The minimum atomic E-state index is 0.740. The first-order chi connectivity index (χ1) is 6.65. The van der Waals surface area contributed by atoms with Crippen molar-refractivity contribution in [1.82, 2.24) is 0 Å². The predicted molar refractivity (Wildman–Crippen MR) is 65.0 cm³/mol. The van der Waals surface area contributed by atoms with Crippen molar-refractivity contribution in [3.63, 3.8) is 0 Å². The lowest BCUT2D eigenvalue weighted by atomic mass is 10.2. The van der Waals surface area contributed by atoms with Gasteiger partial charge in [0.2, 0.25) is 0 Å². The lowest BCUT2D eigenvalue weighted by Crippen LogP contribution is -1.92. The molecule has 0 aromatic heterocycles. The van der Waals surface area contributed by atoms with E-state index in [1.54, 1.807) is 0 Å². The molecule has 14 heavy (non-hydrogen) atoms. The molecular formula is C12H18N2. The van der Waals surface area contributed by atoms with Crippen LogP contribution >= 0.6 is 0 Å². The van der Waals surface area contributed by atoms with E-state index >= 15 is 0 Å². The van der Waals surface area contributed by atoms with Crippen LogP contribution in [-0.2, 0) is 0 Å². The molecule has 0 amide bonds. The summed E-state index contributed by atoms with van der Waals surface area (Å²) in [5.41, 5.74) is 1.78. The summed E-state index contributed by atoms with van der Waals surface area (Å²) in [5, 5.41) is 0. The van der Waals surface area contributed by atoms with Gasteiger partial charge in [-0.1, -0.05) is 25.7 Å². The Labute approximate surface area is 86.5 Å². The number of hydrogen-bond acceptors (Lipinski definition) is 1. The van der Waals surface area contributed by atoms with Crippen LogP contribution in [0, 0.1) is 0 Å². The maximum atomic E-state index is 4.35. The summed E-state index contributed by atoms with van der Waals surface area (Å²) in [7, 11) is 0. The van der Waals surface area contributed by atoms with Crippen LogP contribution in [0.5, 0.6) is 0 Å². The molecular weight excluding hydrogens is 172 g/mol. The van der Waals surface area contributed by atoms with Gasteiger partial charge in [0.1, 0.15) is 5.84 Å². The Bertz CT molecular complexity index is 293. The Hall–Kier alpha value is -1.44. The van der Waals surface area contributed by atoms with Gasteiger partial charge in [0.05, 0.1) is 5.70 Å². The summed E-state index contributed by atoms with van der Waals surface area (Å²) in [5.74, 6) is 0.740. The second-order valence-corrected chi connectivity index (χ2v) is 2.90. The second kappa shape index (κ2) is 7.01. The number of allylic oxidation sites excluding steroid dienone is 4. The van der Waals surface area contributed by atoms with Crippen molar-refractivity contribution in [3.8, 4) is 0 Å².